The third-order valence-electron chi connectivity index (χ3n) is 4.45. The molecule has 0 heterocycles. The molecule has 2 aromatic rings. The lowest BCUT2D eigenvalue weighted by atomic mass is 10.1. The summed E-state index contributed by atoms with van der Waals surface area (Å²) >= 11 is 0. The summed E-state index contributed by atoms with van der Waals surface area (Å²) < 4.78 is 19.8. The van der Waals surface area contributed by atoms with Gasteiger partial charge in [-0.1, -0.05) is 24.3 Å². The van der Waals surface area contributed by atoms with Crippen molar-refractivity contribution in [3.63, 3.8) is 0 Å². The summed E-state index contributed by atoms with van der Waals surface area (Å²) in [6.45, 7) is 8.96. The van der Waals surface area contributed by atoms with Crippen molar-refractivity contribution < 1.29 is 18.7 Å². The van der Waals surface area contributed by atoms with E-state index in [2.05, 4.69) is 5.32 Å². The number of halogens is 1. The van der Waals surface area contributed by atoms with Gasteiger partial charge in [-0.05, 0) is 63.9 Å². The van der Waals surface area contributed by atoms with Gasteiger partial charge in [0.05, 0.1) is 0 Å². The summed E-state index contributed by atoms with van der Waals surface area (Å²) in [6, 6.07) is 11.1. The first-order valence-corrected chi connectivity index (χ1v) is 9.71. The Hall–Kier alpha value is -2.89. The van der Waals surface area contributed by atoms with Crippen LogP contribution in [0.5, 0.6) is 5.75 Å². The molecule has 0 radical (unpaired) electrons. The molecular formula is C23H29FN2O3. The van der Waals surface area contributed by atoms with Crippen LogP contribution in [0.4, 0.5) is 4.39 Å². The zero-order valence-corrected chi connectivity index (χ0v) is 17.7. The maximum absolute atomic E-state index is 14.2. The molecular weight excluding hydrogens is 371 g/mol. The summed E-state index contributed by atoms with van der Waals surface area (Å²) in [5.74, 6) is -0.520. The normalized spacial score (nSPS) is 11.8. The van der Waals surface area contributed by atoms with Crippen molar-refractivity contribution in [1.29, 1.82) is 0 Å². The van der Waals surface area contributed by atoms with E-state index in [4.69, 9.17) is 4.74 Å². The minimum Gasteiger partial charge on any atom is -0.484 e. The molecule has 2 amide bonds. The van der Waals surface area contributed by atoms with Crippen LogP contribution in [0, 0.1) is 19.7 Å². The van der Waals surface area contributed by atoms with Gasteiger partial charge < -0.3 is 15.0 Å². The number of rotatable bonds is 8. The molecule has 0 aliphatic heterocycles. The molecule has 0 saturated carbocycles. The van der Waals surface area contributed by atoms with Crippen LogP contribution in [0.3, 0.4) is 0 Å². The lowest BCUT2D eigenvalue weighted by Crippen LogP contribution is -2.50. The largest absolute Gasteiger partial charge is 0.484 e. The third-order valence-corrected chi connectivity index (χ3v) is 4.45. The molecule has 1 atom stereocenters. The van der Waals surface area contributed by atoms with Crippen LogP contribution >= 0.6 is 0 Å². The highest BCUT2D eigenvalue weighted by molar-refractivity contribution is 5.88. The Balaban J connectivity index is 2.19. The van der Waals surface area contributed by atoms with Gasteiger partial charge >= 0.3 is 0 Å². The number of ether oxygens (including phenoxy) is 1. The maximum Gasteiger partial charge on any atom is 0.261 e. The van der Waals surface area contributed by atoms with E-state index in [1.165, 1.54) is 11.0 Å². The molecule has 5 nitrogen and oxygen atoms in total. The number of aryl methyl sites for hydroxylation is 2. The van der Waals surface area contributed by atoms with Gasteiger partial charge in [0.1, 0.15) is 17.6 Å². The first kappa shape index (κ1) is 22.4. The smallest absolute Gasteiger partial charge is 0.261 e. The van der Waals surface area contributed by atoms with Gasteiger partial charge in [-0.15, -0.1) is 0 Å². The molecule has 0 aliphatic carbocycles. The van der Waals surface area contributed by atoms with E-state index in [0.717, 1.165) is 11.1 Å². The second-order valence-electron chi connectivity index (χ2n) is 7.56. The van der Waals surface area contributed by atoms with Gasteiger partial charge in [-0.3, -0.25) is 9.59 Å². The second kappa shape index (κ2) is 10.0. The number of amides is 2. The molecule has 2 rings (SSSR count). The van der Waals surface area contributed by atoms with Crippen LogP contribution in [-0.2, 0) is 16.1 Å². The van der Waals surface area contributed by atoms with E-state index in [0.29, 0.717) is 11.3 Å². The van der Waals surface area contributed by atoms with Crippen molar-refractivity contribution >= 4 is 11.8 Å². The number of carbonyl (C=O) groups is 2. The van der Waals surface area contributed by atoms with Crippen LogP contribution in [0.2, 0.25) is 0 Å². The zero-order valence-electron chi connectivity index (χ0n) is 17.7. The highest BCUT2D eigenvalue weighted by Crippen LogP contribution is 2.17. The number of carbonyl (C=O) groups excluding carboxylic acids is 2. The Morgan fingerprint density at radius 2 is 1.69 bits per heavy atom. The van der Waals surface area contributed by atoms with Crippen molar-refractivity contribution in [3.8, 4) is 5.75 Å². The minimum absolute atomic E-state index is 0.0195. The molecule has 0 aliphatic rings. The zero-order chi connectivity index (χ0) is 21.6. The van der Waals surface area contributed by atoms with Gasteiger partial charge in [-0.2, -0.15) is 0 Å². The molecule has 156 valence electrons. The summed E-state index contributed by atoms with van der Waals surface area (Å²) in [4.78, 5) is 26.8. The SMILES string of the molecule is Cc1cc(C)cc(OCC(=O)N(Cc2ccccc2F)[C@@H](C)C(=O)NC(C)C)c1. The summed E-state index contributed by atoms with van der Waals surface area (Å²) in [5.41, 5.74) is 2.40. The summed E-state index contributed by atoms with van der Waals surface area (Å²) in [7, 11) is 0. The number of hydrogen-bond acceptors (Lipinski definition) is 3. The van der Waals surface area contributed by atoms with Gasteiger partial charge in [0.25, 0.3) is 5.91 Å². The summed E-state index contributed by atoms with van der Waals surface area (Å²) in [5, 5.41) is 2.80. The molecule has 0 unspecified atom stereocenters. The second-order valence-corrected chi connectivity index (χ2v) is 7.56. The van der Waals surface area contributed by atoms with E-state index in [-0.39, 0.29) is 31.0 Å². The topological polar surface area (TPSA) is 58.6 Å². The van der Waals surface area contributed by atoms with Crippen molar-refractivity contribution in [2.45, 2.75) is 53.2 Å². The molecule has 0 spiro atoms. The van der Waals surface area contributed by atoms with Gasteiger partial charge in [-0.25, -0.2) is 4.39 Å². The number of benzene rings is 2. The van der Waals surface area contributed by atoms with Gasteiger partial charge in [0.15, 0.2) is 6.61 Å². The van der Waals surface area contributed by atoms with Crippen LogP contribution < -0.4 is 10.1 Å². The number of nitrogens with one attached hydrogen (secondary N) is 1. The predicted molar refractivity (Wildman–Crippen MR) is 111 cm³/mol. The first-order valence-electron chi connectivity index (χ1n) is 9.71. The quantitative estimate of drug-likeness (QED) is 0.734. The fourth-order valence-corrected chi connectivity index (χ4v) is 3.04. The minimum atomic E-state index is -0.771. The fourth-order valence-electron chi connectivity index (χ4n) is 3.04. The molecule has 2 aromatic carbocycles. The van der Waals surface area contributed by atoms with Crippen LogP contribution in [0.25, 0.3) is 0 Å². The van der Waals surface area contributed by atoms with E-state index in [1.54, 1.807) is 25.1 Å². The van der Waals surface area contributed by atoms with Crippen molar-refractivity contribution in [2.24, 2.45) is 0 Å². The number of hydrogen-bond donors (Lipinski definition) is 1. The van der Waals surface area contributed by atoms with Crippen LogP contribution in [0.15, 0.2) is 42.5 Å². The molecule has 1 N–H and O–H groups in total. The Kier molecular flexibility index (Phi) is 7.76. The maximum atomic E-state index is 14.2. The van der Waals surface area contributed by atoms with Crippen molar-refractivity contribution in [2.75, 3.05) is 6.61 Å². The van der Waals surface area contributed by atoms with Crippen molar-refractivity contribution in [1.82, 2.24) is 10.2 Å². The lowest BCUT2D eigenvalue weighted by molar-refractivity contribution is -0.142. The van der Waals surface area contributed by atoms with E-state index in [1.807, 2.05) is 45.9 Å². The van der Waals surface area contributed by atoms with Gasteiger partial charge in [0, 0.05) is 18.2 Å². The van der Waals surface area contributed by atoms with Gasteiger partial charge in [0.2, 0.25) is 5.91 Å². The Morgan fingerprint density at radius 3 is 2.28 bits per heavy atom. The molecule has 0 bridgehead atoms. The lowest BCUT2D eigenvalue weighted by Gasteiger charge is -2.29. The van der Waals surface area contributed by atoms with Crippen molar-refractivity contribution in [3.05, 3.63) is 65.0 Å². The Morgan fingerprint density at radius 1 is 1.07 bits per heavy atom. The standard InChI is InChI=1S/C23H29FN2O3/c1-15(2)25-23(28)18(5)26(13-19-8-6-7-9-21(19)24)22(27)14-29-20-11-16(3)10-17(4)12-20/h6-12,15,18H,13-14H2,1-5H3,(H,25,28)/t18-/m0/s1. The molecule has 0 aromatic heterocycles. The van der Waals surface area contributed by atoms with E-state index >= 15 is 0 Å². The monoisotopic (exact) mass is 400 g/mol. The molecule has 0 fully saturated rings. The highest BCUT2D eigenvalue weighted by atomic mass is 19.1. The predicted octanol–water partition coefficient (Wildman–Crippen LogP) is 3.76. The highest BCUT2D eigenvalue weighted by Gasteiger charge is 2.27. The average Bonchev–Trinajstić information content (AvgIpc) is 2.63. The average molecular weight is 400 g/mol. The van der Waals surface area contributed by atoms with Crippen LogP contribution in [-0.4, -0.2) is 35.4 Å². The fraction of sp³-hybridized carbons (Fsp3) is 0.391. The van der Waals surface area contributed by atoms with E-state index in [9.17, 15) is 14.0 Å². The first-order chi connectivity index (χ1) is 13.7. The number of nitrogens with zero attached hydrogens (tertiary/aromatic N) is 1. The molecule has 6 heteroatoms. The third kappa shape index (κ3) is 6.59. The van der Waals surface area contributed by atoms with E-state index < -0.39 is 11.9 Å². The summed E-state index contributed by atoms with van der Waals surface area (Å²) in [6.07, 6.45) is 0. The Bertz CT molecular complexity index is 847. The molecule has 29 heavy (non-hydrogen) atoms. The van der Waals surface area contributed by atoms with Crippen LogP contribution in [0.1, 0.15) is 37.5 Å². The Labute approximate surface area is 171 Å². The molecule has 0 saturated heterocycles.